The maximum Gasteiger partial charge on any atom is 0.313 e. The number of carbonyl (C=O) groups is 1. The average molecular weight is 320 g/mol. The Hall–Kier alpha value is -3.48. The third-order valence-corrected chi connectivity index (χ3v) is 3.39. The van der Waals surface area contributed by atoms with Crippen LogP contribution in [-0.2, 0) is 0 Å². The highest BCUT2D eigenvalue weighted by molar-refractivity contribution is 6.01. The summed E-state index contributed by atoms with van der Waals surface area (Å²) in [6.07, 6.45) is 0. The molecule has 4 aromatic rings. The number of anilines is 1. The molecule has 4 rings (SSSR count). The number of aromatic nitrogens is 3. The van der Waals surface area contributed by atoms with Crippen molar-refractivity contribution in [2.24, 2.45) is 0 Å². The number of hydrogen-bond donors (Lipinski definition) is 1. The molecule has 0 aliphatic rings. The van der Waals surface area contributed by atoms with Crippen molar-refractivity contribution in [3.05, 3.63) is 60.3 Å². The van der Waals surface area contributed by atoms with E-state index in [4.69, 9.17) is 8.83 Å². The summed E-state index contributed by atoms with van der Waals surface area (Å²) >= 11 is 0. The van der Waals surface area contributed by atoms with Gasteiger partial charge in [-0.25, -0.2) is 4.98 Å². The van der Waals surface area contributed by atoms with Gasteiger partial charge in [0.25, 0.3) is 0 Å². The van der Waals surface area contributed by atoms with Crippen LogP contribution in [0, 0.1) is 6.92 Å². The van der Waals surface area contributed by atoms with Crippen molar-refractivity contribution in [3.8, 4) is 11.5 Å². The molecule has 0 saturated heterocycles. The van der Waals surface area contributed by atoms with Gasteiger partial charge in [0.2, 0.25) is 5.89 Å². The van der Waals surface area contributed by atoms with Gasteiger partial charge < -0.3 is 14.2 Å². The minimum atomic E-state index is -0.482. The first-order valence-electron chi connectivity index (χ1n) is 7.26. The summed E-state index contributed by atoms with van der Waals surface area (Å²) in [5.41, 5.74) is 2.65. The van der Waals surface area contributed by atoms with Gasteiger partial charge in [0.05, 0.1) is 0 Å². The minimum Gasteiger partial charge on any atom is -0.441 e. The smallest absolute Gasteiger partial charge is 0.313 e. The number of nitrogens with zero attached hydrogens (tertiary/aromatic N) is 3. The Morgan fingerprint density at radius 3 is 2.71 bits per heavy atom. The highest BCUT2D eigenvalue weighted by Gasteiger charge is 2.16. The Bertz CT molecular complexity index is 1020. The van der Waals surface area contributed by atoms with E-state index in [2.05, 4.69) is 20.5 Å². The Kier molecular flexibility index (Phi) is 3.31. The van der Waals surface area contributed by atoms with Crippen LogP contribution in [0.5, 0.6) is 0 Å². The Morgan fingerprint density at radius 2 is 1.88 bits per heavy atom. The molecular weight excluding hydrogens is 308 g/mol. The number of amides is 1. The van der Waals surface area contributed by atoms with Gasteiger partial charge in [-0.2, -0.15) is 0 Å². The number of carbonyl (C=O) groups excluding carboxylic acids is 1. The van der Waals surface area contributed by atoms with Gasteiger partial charge in [-0.05, 0) is 30.3 Å². The molecule has 2 aromatic carbocycles. The molecule has 0 atom stereocenters. The van der Waals surface area contributed by atoms with Crippen LogP contribution in [0.15, 0.2) is 57.4 Å². The molecule has 0 unspecified atom stereocenters. The molecule has 7 heteroatoms. The van der Waals surface area contributed by atoms with Crippen LogP contribution in [0.2, 0.25) is 0 Å². The maximum absolute atomic E-state index is 12.2. The van der Waals surface area contributed by atoms with Crippen LogP contribution >= 0.6 is 0 Å². The summed E-state index contributed by atoms with van der Waals surface area (Å²) < 4.78 is 10.8. The van der Waals surface area contributed by atoms with Crippen molar-refractivity contribution in [1.29, 1.82) is 0 Å². The Balaban J connectivity index is 1.56. The van der Waals surface area contributed by atoms with Crippen LogP contribution in [0.4, 0.5) is 5.69 Å². The lowest BCUT2D eigenvalue weighted by Crippen LogP contribution is -2.12. The highest BCUT2D eigenvalue weighted by Crippen LogP contribution is 2.21. The fourth-order valence-electron chi connectivity index (χ4n) is 2.32. The second kappa shape index (κ2) is 5.62. The van der Waals surface area contributed by atoms with E-state index in [1.165, 1.54) is 0 Å². The van der Waals surface area contributed by atoms with Crippen LogP contribution in [0.3, 0.4) is 0 Å². The summed E-state index contributed by atoms with van der Waals surface area (Å²) in [6, 6.07) is 14.4. The quantitative estimate of drug-likeness (QED) is 0.621. The lowest BCUT2D eigenvalue weighted by atomic mass is 10.2. The number of nitrogens with one attached hydrogen (secondary N) is 1. The van der Waals surface area contributed by atoms with Gasteiger partial charge in [0, 0.05) is 18.2 Å². The molecule has 0 radical (unpaired) electrons. The molecule has 0 fully saturated rings. The molecular formula is C17H12N4O3. The molecule has 1 amide bonds. The minimum absolute atomic E-state index is 0.106. The first kappa shape index (κ1) is 14.1. The Labute approximate surface area is 136 Å². The molecule has 1 N–H and O–H groups in total. The number of fused-ring (bicyclic) bond motifs is 1. The van der Waals surface area contributed by atoms with Crippen molar-refractivity contribution in [2.75, 3.05) is 5.32 Å². The van der Waals surface area contributed by atoms with Gasteiger partial charge in [0.1, 0.15) is 5.52 Å². The van der Waals surface area contributed by atoms with E-state index in [0.717, 1.165) is 5.56 Å². The van der Waals surface area contributed by atoms with Crippen molar-refractivity contribution >= 4 is 22.7 Å². The van der Waals surface area contributed by atoms with Crippen LogP contribution < -0.4 is 5.32 Å². The zero-order chi connectivity index (χ0) is 16.5. The number of oxazole rings is 1. The standard InChI is InChI=1S/C17H12N4O3/c1-10-18-13-9-12(7-8-14(13)23-10)19-15(22)17-21-20-16(24-17)11-5-3-2-4-6-11/h2-9H,1H3,(H,19,22). The molecule has 0 spiro atoms. The number of benzene rings is 2. The molecule has 0 aliphatic carbocycles. The average Bonchev–Trinajstić information content (AvgIpc) is 3.21. The summed E-state index contributed by atoms with van der Waals surface area (Å²) in [7, 11) is 0. The molecule has 2 heterocycles. The molecule has 0 saturated carbocycles. The molecule has 0 bridgehead atoms. The lowest BCUT2D eigenvalue weighted by Gasteiger charge is -2.01. The molecule has 24 heavy (non-hydrogen) atoms. The highest BCUT2D eigenvalue weighted by atomic mass is 16.4. The second-order valence-electron chi connectivity index (χ2n) is 5.15. The second-order valence-corrected chi connectivity index (χ2v) is 5.15. The molecule has 2 aromatic heterocycles. The van der Waals surface area contributed by atoms with E-state index < -0.39 is 5.91 Å². The first-order chi connectivity index (χ1) is 11.7. The van der Waals surface area contributed by atoms with E-state index in [9.17, 15) is 4.79 Å². The fourth-order valence-corrected chi connectivity index (χ4v) is 2.32. The monoisotopic (exact) mass is 320 g/mol. The van der Waals surface area contributed by atoms with Gasteiger partial charge in [-0.1, -0.05) is 18.2 Å². The fraction of sp³-hybridized carbons (Fsp3) is 0.0588. The maximum atomic E-state index is 12.2. The number of aryl methyl sites for hydroxylation is 1. The van der Waals surface area contributed by atoms with Crippen LogP contribution in [0.25, 0.3) is 22.6 Å². The van der Waals surface area contributed by atoms with E-state index in [1.807, 2.05) is 30.3 Å². The van der Waals surface area contributed by atoms with Gasteiger partial charge >= 0.3 is 11.8 Å². The SMILES string of the molecule is Cc1nc2cc(NC(=O)c3nnc(-c4ccccc4)o3)ccc2o1. The summed E-state index contributed by atoms with van der Waals surface area (Å²) in [4.78, 5) is 16.5. The normalized spacial score (nSPS) is 10.9. The largest absolute Gasteiger partial charge is 0.441 e. The van der Waals surface area contributed by atoms with E-state index in [0.29, 0.717) is 28.6 Å². The van der Waals surface area contributed by atoms with Crippen LogP contribution in [0.1, 0.15) is 16.6 Å². The third-order valence-electron chi connectivity index (χ3n) is 3.39. The number of rotatable bonds is 3. The first-order valence-corrected chi connectivity index (χ1v) is 7.26. The zero-order valence-corrected chi connectivity index (χ0v) is 12.7. The van der Waals surface area contributed by atoms with Crippen LogP contribution in [-0.4, -0.2) is 21.1 Å². The zero-order valence-electron chi connectivity index (χ0n) is 12.7. The summed E-state index contributed by atoms with van der Waals surface area (Å²) in [6.45, 7) is 1.77. The number of hydrogen-bond acceptors (Lipinski definition) is 6. The van der Waals surface area contributed by atoms with Crippen molar-refractivity contribution in [3.63, 3.8) is 0 Å². The van der Waals surface area contributed by atoms with E-state index in [-0.39, 0.29) is 5.89 Å². The predicted octanol–water partition coefficient (Wildman–Crippen LogP) is 3.44. The topological polar surface area (TPSA) is 94.1 Å². The molecule has 118 valence electrons. The van der Waals surface area contributed by atoms with Crippen molar-refractivity contribution < 1.29 is 13.6 Å². The molecule has 0 aliphatic heterocycles. The lowest BCUT2D eigenvalue weighted by molar-refractivity contribution is 0.0991. The van der Waals surface area contributed by atoms with E-state index in [1.54, 1.807) is 25.1 Å². The van der Waals surface area contributed by atoms with Gasteiger partial charge in [-0.3, -0.25) is 4.79 Å². The van der Waals surface area contributed by atoms with Gasteiger partial charge in [0.15, 0.2) is 11.5 Å². The van der Waals surface area contributed by atoms with Gasteiger partial charge in [-0.15, -0.1) is 10.2 Å². The third kappa shape index (κ3) is 2.63. The van der Waals surface area contributed by atoms with Crippen molar-refractivity contribution in [1.82, 2.24) is 15.2 Å². The summed E-state index contributed by atoms with van der Waals surface area (Å²) in [5.74, 6) is 0.274. The Morgan fingerprint density at radius 1 is 1.04 bits per heavy atom. The molecule has 7 nitrogen and oxygen atoms in total. The predicted molar refractivity (Wildman–Crippen MR) is 86.4 cm³/mol. The van der Waals surface area contributed by atoms with E-state index >= 15 is 0 Å². The summed E-state index contributed by atoms with van der Waals surface area (Å²) in [5, 5.41) is 10.4. The van der Waals surface area contributed by atoms with Crippen molar-refractivity contribution in [2.45, 2.75) is 6.92 Å².